The summed E-state index contributed by atoms with van der Waals surface area (Å²) in [6.07, 6.45) is 2.64. The van der Waals surface area contributed by atoms with Gasteiger partial charge in [-0.15, -0.1) is 0 Å². The number of carboxylic acid groups (broad SMARTS) is 3. The van der Waals surface area contributed by atoms with Crippen LogP contribution in [0.4, 0.5) is 0 Å². The molecule has 1 aromatic carbocycles. The van der Waals surface area contributed by atoms with Crippen molar-refractivity contribution >= 4 is 46.5 Å². The molecule has 0 radical (unpaired) electrons. The van der Waals surface area contributed by atoms with Crippen LogP contribution in [0.5, 0.6) is 0 Å². The summed E-state index contributed by atoms with van der Waals surface area (Å²) < 4.78 is 0. The maximum Gasteiger partial charge on any atom is 0.326 e. The number of aliphatic carboxylic acids is 3. The molecule has 3 rings (SSSR count). The summed E-state index contributed by atoms with van der Waals surface area (Å²) in [6, 6.07) is 1.72. The maximum absolute atomic E-state index is 13.5. The van der Waals surface area contributed by atoms with Crippen molar-refractivity contribution in [3.8, 4) is 0 Å². The molecule has 0 spiro atoms. The van der Waals surface area contributed by atoms with Crippen LogP contribution in [0.1, 0.15) is 36.9 Å². The van der Waals surface area contributed by atoms with Gasteiger partial charge in [0.1, 0.15) is 18.1 Å². The highest BCUT2D eigenvalue weighted by atomic mass is 16.4. The molecule has 0 aliphatic rings. The van der Waals surface area contributed by atoms with Gasteiger partial charge in [-0.2, -0.15) is 0 Å². The molecule has 16 heteroatoms. The second-order valence-corrected chi connectivity index (χ2v) is 9.84. The van der Waals surface area contributed by atoms with Gasteiger partial charge >= 0.3 is 17.9 Å². The minimum Gasteiger partial charge on any atom is -0.481 e. The summed E-state index contributed by atoms with van der Waals surface area (Å²) in [5, 5.41) is 35.8. The van der Waals surface area contributed by atoms with Gasteiger partial charge in [-0.05, 0) is 24.5 Å². The summed E-state index contributed by atoms with van der Waals surface area (Å²) in [4.78, 5) is 83.1. The van der Waals surface area contributed by atoms with Crippen molar-refractivity contribution in [2.45, 2.75) is 62.7 Å². The van der Waals surface area contributed by atoms with E-state index in [1.54, 1.807) is 24.4 Å². The van der Waals surface area contributed by atoms with Gasteiger partial charge in [0.25, 0.3) is 0 Å². The Bertz CT molecular complexity index is 1450. The van der Waals surface area contributed by atoms with Crippen molar-refractivity contribution in [1.29, 1.82) is 0 Å². The third kappa shape index (κ3) is 9.67. The SMILES string of the molecule is NC(CCC(=O)O)C(=O)NC(Cc1c[nH]c2ccccc12)C(=O)NC(CCC(=O)O)C(=O)NC(Cc1cnc[nH]1)C(=O)O. The molecule has 0 aliphatic carbocycles. The molecule has 0 fully saturated rings. The largest absolute Gasteiger partial charge is 0.481 e. The van der Waals surface area contributed by atoms with Crippen molar-refractivity contribution < 1.29 is 44.1 Å². The number of carbonyl (C=O) groups excluding carboxylic acids is 3. The molecule has 43 heavy (non-hydrogen) atoms. The van der Waals surface area contributed by atoms with Gasteiger partial charge in [0.05, 0.1) is 12.4 Å². The first-order chi connectivity index (χ1) is 20.4. The molecule has 4 unspecified atom stereocenters. The van der Waals surface area contributed by atoms with Crippen LogP contribution in [0.15, 0.2) is 43.0 Å². The van der Waals surface area contributed by atoms with Crippen LogP contribution < -0.4 is 21.7 Å². The van der Waals surface area contributed by atoms with Gasteiger partial charge in [-0.1, -0.05) is 18.2 Å². The Morgan fingerprint density at radius 2 is 1.42 bits per heavy atom. The highest BCUT2D eigenvalue weighted by molar-refractivity contribution is 5.95. The fourth-order valence-electron chi connectivity index (χ4n) is 4.32. The van der Waals surface area contributed by atoms with E-state index < -0.39 is 66.2 Å². The smallest absolute Gasteiger partial charge is 0.326 e. The third-order valence-corrected chi connectivity index (χ3v) is 6.61. The number of aromatic amines is 2. The predicted octanol–water partition coefficient (Wildman–Crippen LogP) is -0.728. The number of imidazole rings is 1. The van der Waals surface area contributed by atoms with Gasteiger partial charge in [-0.25, -0.2) is 9.78 Å². The lowest BCUT2D eigenvalue weighted by Crippen LogP contribution is -2.57. The number of nitrogens with one attached hydrogen (secondary N) is 5. The summed E-state index contributed by atoms with van der Waals surface area (Å²) in [5.74, 6) is -6.40. The molecule has 3 aromatic rings. The Morgan fingerprint density at radius 3 is 2.07 bits per heavy atom. The topological polar surface area (TPSA) is 270 Å². The van der Waals surface area contributed by atoms with Crippen LogP contribution in [0, 0.1) is 0 Å². The first-order valence-electron chi connectivity index (χ1n) is 13.3. The van der Waals surface area contributed by atoms with E-state index >= 15 is 0 Å². The fraction of sp³-hybridized carbons (Fsp3) is 0.370. The highest BCUT2D eigenvalue weighted by Crippen LogP contribution is 2.19. The number of amides is 3. The van der Waals surface area contributed by atoms with Crippen LogP contribution >= 0.6 is 0 Å². The standard InChI is InChI=1S/C27H33N7O9/c28-17(5-7-22(35)36)24(39)33-20(9-14-11-30-18-4-2-1-3-16(14)18)26(41)32-19(6-8-23(37)38)25(40)34-21(27(42)43)10-15-12-29-13-31-15/h1-4,11-13,17,19-21,30H,5-10,28H2,(H,29,31)(H,32,41)(H,33,39)(H,34,40)(H,35,36)(H,37,38)(H,42,43). The van der Waals surface area contributed by atoms with Crippen LogP contribution in [-0.2, 0) is 41.6 Å². The summed E-state index contributed by atoms with van der Waals surface area (Å²) in [7, 11) is 0. The number of aromatic nitrogens is 3. The van der Waals surface area contributed by atoms with Crippen molar-refractivity contribution in [3.63, 3.8) is 0 Å². The zero-order chi connectivity index (χ0) is 31.5. The maximum atomic E-state index is 13.5. The molecule has 16 nitrogen and oxygen atoms in total. The van der Waals surface area contributed by atoms with Crippen LogP contribution in [0.2, 0.25) is 0 Å². The number of carbonyl (C=O) groups is 6. The molecular weight excluding hydrogens is 566 g/mol. The van der Waals surface area contributed by atoms with Gasteiger partial charge < -0.3 is 47.0 Å². The van der Waals surface area contributed by atoms with E-state index in [1.807, 2.05) is 6.07 Å². The van der Waals surface area contributed by atoms with E-state index in [9.17, 15) is 39.0 Å². The molecular formula is C27H33N7O9. The Hall–Kier alpha value is -5.25. The van der Waals surface area contributed by atoms with Gasteiger partial charge in [0.2, 0.25) is 17.7 Å². The lowest BCUT2D eigenvalue weighted by atomic mass is 10.0. The number of carboxylic acids is 3. The van der Waals surface area contributed by atoms with Gasteiger partial charge in [0, 0.05) is 54.7 Å². The zero-order valence-corrected chi connectivity index (χ0v) is 22.9. The minimum atomic E-state index is -1.48. The normalized spacial score (nSPS) is 13.8. The summed E-state index contributed by atoms with van der Waals surface area (Å²) in [6.45, 7) is 0. The minimum absolute atomic E-state index is 0.0713. The number of H-pyrrole nitrogens is 2. The quantitative estimate of drug-likeness (QED) is 0.0933. The Labute approximate surface area is 244 Å². The molecule has 0 saturated carbocycles. The van der Waals surface area contributed by atoms with E-state index in [2.05, 4.69) is 30.9 Å². The van der Waals surface area contributed by atoms with E-state index in [0.29, 0.717) is 11.3 Å². The first kappa shape index (κ1) is 32.3. The number of para-hydroxylation sites is 1. The summed E-state index contributed by atoms with van der Waals surface area (Å²) >= 11 is 0. The monoisotopic (exact) mass is 599 g/mol. The number of fused-ring (bicyclic) bond motifs is 1. The summed E-state index contributed by atoms with van der Waals surface area (Å²) in [5.41, 5.74) is 7.65. The van der Waals surface area contributed by atoms with Gasteiger partial charge in [-0.3, -0.25) is 24.0 Å². The van der Waals surface area contributed by atoms with Crippen LogP contribution in [0.25, 0.3) is 10.9 Å². The predicted molar refractivity (Wildman–Crippen MR) is 149 cm³/mol. The molecule has 10 N–H and O–H groups in total. The number of nitrogens with zero attached hydrogens (tertiary/aromatic N) is 1. The number of nitrogens with two attached hydrogens (primary N) is 1. The number of hydrogen-bond acceptors (Lipinski definition) is 8. The van der Waals surface area contributed by atoms with Crippen molar-refractivity contribution in [2.75, 3.05) is 0 Å². The Balaban J connectivity index is 1.82. The second kappa shape index (κ2) is 15.1. The molecule has 0 saturated heterocycles. The molecule has 0 aliphatic heterocycles. The number of hydrogen-bond donors (Lipinski definition) is 9. The van der Waals surface area contributed by atoms with Gasteiger partial charge in [0.15, 0.2) is 0 Å². The molecule has 230 valence electrons. The van der Waals surface area contributed by atoms with Crippen molar-refractivity contribution in [1.82, 2.24) is 30.9 Å². The number of rotatable bonds is 17. The first-order valence-corrected chi connectivity index (χ1v) is 13.3. The van der Waals surface area contributed by atoms with Crippen LogP contribution in [-0.4, -0.2) is 90.1 Å². The van der Waals surface area contributed by atoms with E-state index in [4.69, 9.17) is 10.8 Å². The zero-order valence-electron chi connectivity index (χ0n) is 22.9. The van der Waals surface area contributed by atoms with E-state index in [1.165, 1.54) is 12.5 Å². The van der Waals surface area contributed by atoms with Crippen molar-refractivity contribution in [3.05, 3.63) is 54.2 Å². The molecule has 2 aromatic heterocycles. The van der Waals surface area contributed by atoms with E-state index in [-0.39, 0.29) is 32.1 Å². The molecule has 4 atom stereocenters. The van der Waals surface area contributed by atoms with Crippen LogP contribution in [0.3, 0.4) is 0 Å². The lowest BCUT2D eigenvalue weighted by molar-refractivity contribution is -0.143. The molecule has 2 heterocycles. The highest BCUT2D eigenvalue weighted by Gasteiger charge is 2.31. The molecule has 0 bridgehead atoms. The van der Waals surface area contributed by atoms with E-state index in [0.717, 1.165) is 10.9 Å². The Morgan fingerprint density at radius 1 is 0.791 bits per heavy atom. The fourth-order valence-corrected chi connectivity index (χ4v) is 4.32. The second-order valence-electron chi connectivity index (χ2n) is 9.84. The number of benzene rings is 1. The average molecular weight is 600 g/mol. The average Bonchev–Trinajstić information content (AvgIpc) is 3.62. The molecule has 3 amide bonds. The van der Waals surface area contributed by atoms with Crippen molar-refractivity contribution in [2.24, 2.45) is 5.73 Å². The Kier molecular flexibility index (Phi) is 11.3. The third-order valence-electron chi connectivity index (χ3n) is 6.61. The lowest BCUT2D eigenvalue weighted by Gasteiger charge is -2.25.